The summed E-state index contributed by atoms with van der Waals surface area (Å²) in [5.74, 6) is -2.92. The molecule has 1 saturated heterocycles. The molecule has 0 bridgehead atoms. The number of rotatable bonds is 2. The van der Waals surface area contributed by atoms with Crippen molar-refractivity contribution >= 4 is 5.91 Å². The third-order valence-electron chi connectivity index (χ3n) is 3.37. The molecular weight excluding hydrogens is 248 g/mol. The minimum absolute atomic E-state index is 0.0715. The van der Waals surface area contributed by atoms with Crippen molar-refractivity contribution in [3.63, 3.8) is 0 Å². The first-order chi connectivity index (χ1) is 8.67. The number of alkyl halides is 2. The smallest absolute Gasteiger partial charge is 0.282 e. The van der Waals surface area contributed by atoms with Gasteiger partial charge in [-0.3, -0.25) is 4.79 Å². The van der Waals surface area contributed by atoms with Gasteiger partial charge in [0.1, 0.15) is 0 Å². The monoisotopic (exact) mass is 267 g/mol. The van der Waals surface area contributed by atoms with Gasteiger partial charge < -0.3 is 4.90 Å². The van der Waals surface area contributed by atoms with Gasteiger partial charge in [0.25, 0.3) is 5.92 Å². The van der Waals surface area contributed by atoms with Gasteiger partial charge in [-0.15, -0.1) is 0 Å². The second-order valence-corrected chi connectivity index (χ2v) is 6.23. The van der Waals surface area contributed by atoms with Crippen LogP contribution in [0, 0.1) is 0 Å². The molecule has 0 aliphatic carbocycles. The van der Waals surface area contributed by atoms with Gasteiger partial charge in [0.2, 0.25) is 5.91 Å². The first kappa shape index (κ1) is 14.0. The summed E-state index contributed by atoms with van der Waals surface area (Å²) >= 11 is 0. The van der Waals surface area contributed by atoms with Crippen LogP contribution in [-0.4, -0.2) is 29.8 Å². The van der Waals surface area contributed by atoms with Gasteiger partial charge in [-0.1, -0.05) is 45.0 Å². The molecule has 0 saturated carbocycles. The Morgan fingerprint density at radius 1 is 1.21 bits per heavy atom. The van der Waals surface area contributed by atoms with Crippen LogP contribution in [0.1, 0.15) is 31.9 Å². The van der Waals surface area contributed by atoms with Gasteiger partial charge in [-0.05, 0) is 16.5 Å². The molecule has 1 aromatic carbocycles. The molecule has 2 rings (SSSR count). The van der Waals surface area contributed by atoms with E-state index in [9.17, 15) is 13.6 Å². The van der Waals surface area contributed by atoms with Crippen molar-refractivity contribution in [3.8, 4) is 0 Å². The molecule has 1 aliphatic heterocycles. The number of hydrogen-bond donors (Lipinski definition) is 0. The molecule has 1 fully saturated rings. The molecule has 1 heterocycles. The maximum atomic E-state index is 12.7. The van der Waals surface area contributed by atoms with E-state index in [-0.39, 0.29) is 17.7 Å². The molecule has 0 aromatic heterocycles. The van der Waals surface area contributed by atoms with E-state index in [0.29, 0.717) is 0 Å². The average molecular weight is 267 g/mol. The average Bonchev–Trinajstić information content (AvgIpc) is 2.25. The second kappa shape index (κ2) is 4.58. The molecule has 0 spiro atoms. The van der Waals surface area contributed by atoms with Gasteiger partial charge in [-0.2, -0.15) is 0 Å². The van der Waals surface area contributed by atoms with Crippen LogP contribution in [-0.2, 0) is 16.6 Å². The summed E-state index contributed by atoms with van der Waals surface area (Å²) in [5.41, 5.74) is 2.13. The van der Waals surface area contributed by atoms with Crippen molar-refractivity contribution in [2.24, 2.45) is 0 Å². The molecule has 0 unspecified atom stereocenters. The molecule has 1 amide bonds. The third-order valence-corrected chi connectivity index (χ3v) is 3.37. The first-order valence-corrected chi connectivity index (χ1v) is 6.42. The van der Waals surface area contributed by atoms with E-state index in [0.717, 1.165) is 5.56 Å². The molecule has 2 nitrogen and oxygen atoms in total. The van der Waals surface area contributed by atoms with Crippen LogP contribution >= 0.6 is 0 Å². The zero-order valence-corrected chi connectivity index (χ0v) is 11.5. The lowest BCUT2D eigenvalue weighted by Crippen LogP contribution is -2.58. The van der Waals surface area contributed by atoms with E-state index in [1.54, 1.807) is 0 Å². The maximum absolute atomic E-state index is 12.7. The van der Waals surface area contributed by atoms with Crippen molar-refractivity contribution in [1.82, 2.24) is 4.90 Å². The maximum Gasteiger partial charge on any atom is 0.282 e. The summed E-state index contributed by atoms with van der Waals surface area (Å²) in [4.78, 5) is 13.0. The standard InChI is InChI=1S/C15H19F2NO/c1-14(2,3)12-6-4-11(5-7-12)8-13(19)18-9-15(16,17)10-18/h4-7H,8-10H2,1-3H3. The van der Waals surface area contributed by atoms with Crippen LogP contribution < -0.4 is 0 Å². The summed E-state index contributed by atoms with van der Waals surface area (Å²) in [7, 11) is 0. The minimum Gasteiger partial charge on any atom is -0.330 e. The second-order valence-electron chi connectivity index (χ2n) is 6.23. The molecule has 19 heavy (non-hydrogen) atoms. The van der Waals surface area contributed by atoms with Crippen LogP contribution in [0.4, 0.5) is 8.78 Å². The van der Waals surface area contributed by atoms with Crippen LogP contribution in [0.3, 0.4) is 0 Å². The van der Waals surface area contributed by atoms with Crippen LogP contribution in [0.25, 0.3) is 0 Å². The van der Waals surface area contributed by atoms with E-state index in [2.05, 4.69) is 20.8 Å². The molecule has 1 aromatic rings. The number of nitrogens with zero attached hydrogens (tertiary/aromatic N) is 1. The van der Waals surface area contributed by atoms with E-state index in [1.807, 2.05) is 24.3 Å². The van der Waals surface area contributed by atoms with Gasteiger partial charge in [0.05, 0.1) is 19.5 Å². The van der Waals surface area contributed by atoms with Gasteiger partial charge >= 0.3 is 0 Å². The van der Waals surface area contributed by atoms with E-state index in [1.165, 1.54) is 10.5 Å². The number of hydrogen-bond acceptors (Lipinski definition) is 1. The van der Waals surface area contributed by atoms with Crippen molar-refractivity contribution in [2.75, 3.05) is 13.1 Å². The fraction of sp³-hybridized carbons (Fsp3) is 0.533. The Kier molecular flexibility index (Phi) is 3.37. The largest absolute Gasteiger partial charge is 0.330 e. The van der Waals surface area contributed by atoms with Crippen LogP contribution in [0.5, 0.6) is 0 Å². The number of benzene rings is 1. The molecule has 0 atom stereocenters. The summed E-state index contributed by atoms with van der Waals surface area (Å²) < 4.78 is 25.4. The molecule has 0 radical (unpaired) electrons. The van der Waals surface area contributed by atoms with Crippen molar-refractivity contribution < 1.29 is 13.6 Å². The summed E-state index contributed by atoms with van der Waals surface area (Å²) in [6, 6.07) is 7.79. The van der Waals surface area contributed by atoms with Crippen molar-refractivity contribution in [3.05, 3.63) is 35.4 Å². The van der Waals surface area contributed by atoms with Crippen LogP contribution in [0.15, 0.2) is 24.3 Å². The Morgan fingerprint density at radius 2 is 1.74 bits per heavy atom. The fourth-order valence-electron chi connectivity index (χ4n) is 2.10. The van der Waals surface area contributed by atoms with Crippen molar-refractivity contribution in [2.45, 2.75) is 38.5 Å². The van der Waals surface area contributed by atoms with E-state index < -0.39 is 19.0 Å². The summed E-state index contributed by atoms with van der Waals surface area (Å²) in [6.45, 7) is 5.48. The van der Waals surface area contributed by atoms with Crippen LogP contribution in [0.2, 0.25) is 0 Å². The molecular formula is C15H19F2NO. The zero-order chi connectivity index (χ0) is 14.3. The predicted octanol–water partition coefficient (Wildman–Crippen LogP) is 3.00. The molecule has 4 heteroatoms. The number of likely N-dealkylation sites (tertiary alicyclic amines) is 1. The Bertz CT molecular complexity index is 466. The van der Waals surface area contributed by atoms with Crippen molar-refractivity contribution in [1.29, 1.82) is 0 Å². The van der Waals surface area contributed by atoms with E-state index in [4.69, 9.17) is 0 Å². The Morgan fingerprint density at radius 3 is 2.16 bits per heavy atom. The lowest BCUT2D eigenvalue weighted by atomic mass is 9.86. The summed E-state index contributed by atoms with van der Waals surface area (Å²) in [5, 5.41) is 0. The number of amides is 1. The number of halogens is 2. The third kappa shape index (κ3) is 3.31. The normalized spacial score (nSPS) is 18.1. The number of carbonyl (C=O) groups is 1. The Labute approximate surface area is 112 Å². The molecule has 104 valence electrons. The lowest BCUT2D eigenvalue weighted by Gasteiger charge is -2.38. The van der Waals surface area contributed by atoms with E-state index >= 15 is 0 Å². The highest BCUT2D eigenvalue weighted by molar-refractivity contribution is 5.79. The highest BCUT2D eigenvalue weighted by atomic mass is 19.3. The summed E-state index contributed by atoms with van der Waals surface area (Å²) in [6.07, 6.45) is 0.195. The van der Waals surface area contributed by atoms with Gasteiger partial charge in [0.15, 0.2) is 0 Å². The van der Waals surface area contributed by atoms with Gasteiger partial charge in [-0.25, -0.2) is 8.78 Å². The fourth-order valence-corrected chi connectivity index (χ4v) is 2.10. The number of carbonyl (C=O) groups excluding carboxylic acids is 1. The Hall–Kier alpha value is -1.45. The molecule has 0 N–H and O–H groups in total. The van der Waals surface area contributed by atoms with Gasteiger partial charge in [0, 0.05) is 0 Å². The zero-order valence-electron chi connectivity index (χ0n) is 11.5. The minimum atomic E-state index is -2.69. The SMILES string of the molecule is CC(C)(C)c1ccc(CC(=O)N2CC(F)(F)C2)cc1. The quantitative estimate of drug-likeness (QED) is 0.806. The highest BCUT2D eigenvalue weighted by Gasteiger charge is 2.45. The lowest BCUT2D eigenvalue weighted by molar-refractivity contribution is -0.165. The topological polar surface area (TPSA) is 20.3 Å². The predicted molar refractivity (Wildman–Crippen MR) is 70.4 cm³/mol. The first-order valence-electron chi connectivity index (χ1n) is 6.42. The highest BCUT2D eigenvalue weighted by Crippen LogP contribution is 2.27. The Balaban J connectivity index is 1.95. The molecule has 1 aliphatic rings.